The molecule has 0 spiro atoms. The zero-order valence-corrected chi connectivity index (χ0v) is 17.2. The second-order valence-electron chi connectivity index (χ2n) is 6.29. The number of hydrogen-bond donors (Lipinski definition) is 3. The molecule has 0 saturated carbocycles. The maximum Gasteiger partial charge on any atom is 0.337 e. The van der Waals surface area contributed by atoms with Crippen LogP contribution >= 0.6 is 22.9 Å². The summed E-state index contributed by atoms with van der Waals surface area (Å²) in [7, 11) is 0. The van der Waals surface area contributed by atoms with Gasteiger partial charge in [0.1, 0.15) is 6.61 Å². The largest absolute Gasteiger partial charge is 0.478 e. The molecule has 2 heterocycles. The van der Waals surface area contributed by atoms with Crippen molar-refractivity contribution in [2.24, 2.45) is 0 Å². The molecule has 3 N–H and O–H groups in total. The van der Waals surface area contributed by atoms with Crippen molar-refractivity contribution in [2.45, 2.75) is 6.42 Å². The highest BCUT2D eigenvalue weighted by atomic mass is 35.5. The van der Waals surface area contributed by atoms with E-state index in [4.69, 9.17) is 16.3 Å². The van der Waals surface area contributed by atoms with Crippen molar-refractivity contribution in [3.63, 3.8) is 0 Å². The Labute approximate surface area is 180 Å². The number of rotatable bonds is 7. The molecule has 0 unspecified atom stereocenters. The van der Waals surface area contributed by atoms with Crippen molar-refractivity contribution in [3.8, 4) is 0 Å². The van der Waals surface area contributed by atoms with Gasteiger partial charge in [-0.1, -0.05) is 11.6 Å². The summed E-state index contributed by atoms with van der Waals surface area (Å²) >= 11 is 6.92. The molecular weight excluding hydrogens is 434 g/mol. The molecule has 9 nitrogen and oxygen atoms in total. The predicted octanol–water partition coefficient (Wildman–Crippen LogP) is 2.22. The predicted molar refractivity (Wildman–Crippen MR) is 111 cm³/mol. The first-order valence-corrected chi connectivity index (χ1v) is 10.1. The van der Waals surface area contributed by atoms with Gasteiger partial charge in [-0.2, -0.15) is 0 Å². The molecule has 1 fully saturated rings. The van der Waals surface area contributed by atoms with Gasteiger partial charge in [-0.25, -0.2) is 4.79 Å². The Kier molecular flexibility index (Phi) is 7.03. The first-order chi connectivity index (χ1) is 14.3. The number of carboxylic acid groups (broad SMARTS) is 1. The van der Waals surface area contributed by atoms with Crippen LogP contribution in [0.1, 0.15) is 26.5 Å². The number of thiophene rings is 1. The minimum atomic E-state index is -1.22. The number of halogens is 1. The van der Waals surface area contributed by atoms with Crippen LogP contribution in [0.3, 0.4) is 0 Å². The van der Waals surface area contributed by atoms with Gasteiger partial charge < -0.3 is 25.4 Å². The molecule has 3 rings (SSSR count). The molecular formula is C19H18ClN3O6S. The van der Waals surface area contributed by atoms with Crippen LogP contribution < -0.4 is 15.5 Å². The number of ether oxygens (including phenoxy) is 1. The molecule has 3 amide bonds. The molecule has 158 valence electrons. The van der Waals surface area contributed by atoms with Gasteiger partial charge in [0.25, 0.3) is 11.8 Å². The molecule has 1 aliphatic rings. The third kappa shape index (κ3) is 5.35. The fourth-order valence-electron chi connectivity index (χ4n) is 2.83. The molecule has 0 aliphatic carbocycles. The highest BCUT2D eigenvalue weighted by molar-refractivity contribution is 7.18. The van der Waals surface area contributed by atoms with E-state index in [9.17, 15) is 24.3 Å². The van der Waals surface area contributed by atoms with Crippen molar-refractivity contribution in [1.82, 2.24) is 5.32 Å². The average molecular weight is 452 g/mol. The average Bonchev–Trinajstić information content (AvgIpc) is 3.15. The third-order valence-corrected chi connectivity index (χ3v) is 5.45. The minimum Gasteiger partial charge on any atom is -0.478 e. The van der Waals surface area contributed by atoms with Crippen LogP contribution in [0, 0.1) is 0 Å². The summed E-state index contributed by atoms with van der Waals surface area (Å²) in [4.78, 5) is 49.5. The van der Waals surface area contributed by atoms with E-state index in [2.05, 4.69) is 10.6 Å². The number of anilines is 2. The van der Waals surface area contributed by atoms with Crippen molar-refractivity contribution in [1.29, 1.82) is 0 Å². The summed E-state index contributed by atoms with van der Waals surface area (Å²) < 4.78 is 5.56. The van der Waals surface area contributed by atoms with Crippen LogP contribution in [0.2, 0.25) is 4.34 Å². The van der Waals surface area contributed by atoms with E-state index >= 15 is 0 Å². The van der Waals surface area contributed by atoms with Gasteiger partial charge in [-0.15, -0.1) is 11.3 Å². The lowest BCUT2D eigenvalue weighted by Gasteiger charge is -2.28. The maximum atomic E-state index is 12.1. The van der Waals surface area contributed by atoms with E-state index in [-0.39, 0.29) is 54.9 Å². The normalized spacial score (nSPS) is 13.8. The molecule has 1 aromatic heterocycles. The highest BCUT2D eigenvalue weighted by Crippen LogP contribution is 2.26. The molecule has 0 bridgehead atoms. The van der Waals surface area contributed by atoms with Gasteiger partial charge in [0.05, 0.1) is 27.1 Å². The first-order valence-electron chi connectivity index (χ1n) is 8.94. The second kappa shape index (κ2) is 9.70. The van der Waals surface area contributed by atoms with E-state index in [0.29, 0.717) is 15.8 Å². The summed E-state index contributed by atoms with van der Waals surface area (Å²) in [5.74, 6) is -2.27. The molecule has 0 atom stereocenters. The fraction of sp³-hybridized carbons (Fsp3) is 0.263. The molecule has 2 aromatic rings. The van der Waals surface area contributed by atoms with E-state index in [1.807, 2.05) is 0 Å². The Bertz CT molecular complexity index is 992. The zero-order valence-electron chi connectivity index (χ0n) is 15.6. The van der Waals surface area contributed by atoms with Crippen LogP contribution in [-0.4, -0.2) is 55.1 Å². The quantitative estimate of drug-likeness (QED) is 0.592. The van der Waals surface area contributed by atoms with E-state index in [1.54, 1.807) is 12.1 Å². The van der Waals surface area contributed by atoms with Gasteiger partial charge in [0.2, 0.25) is 5.91 Å². The number of nitrogens with zero attached hydrogens (tertiary/aromatic N) is 1. The summed E-state index contributed by atoms with van der Waals surface area (Å²) in [5.41, 5.74) is 0.417. The van der Waals surface area contributed by atoms with Gasteiger partial charge in [0, 0.05) is 25.2 Å². The number of carbonyl (C=O) groups is 4. The van der Waals surface area contributed by atoms with Gasteiger partial charge in [-0.05, 0) is 30.3 Å². The molecule has 30 heavy (non-hydrogen) atoms. The van der Waals surface area contributed by atoms with Crippen LogP contribution in [0.5, 0.6) is 0 Å². The van der Waals surface area contributed by atoms with E-state index < -0.39 is 11.9 Å². The molecule has 1 aromatic carbocycles. The van der Waals surface area contributed by atoms with Crippen molar-refractivity contribution < 1.29 is 29.0 Å². The number of benzene rings is 1. The lowest BCUT2D eigenvalue weighted by molar-refractivity contribution is -0.125. The molecule has 0 radical (unpaired) electrons. The minimum absolute atomic E-state index is 0.00302. The third-order valence-electron chi connectivity index (χ3n) is 4.22. The molecule has 1 saturated heterocycles. The first kappa shape index (κ1) is 21.8. The summed E-state index contributed by atoms with van der Waals surface area (Å²) in [6, 6.07) is 7.50. The number of hydrogen-bond acceptors (Lipinski definition) is 6. The number of carbonyl (C=O) groups excluding carboxylic acids is 3. The number of carboxylic acids is 1. The van der Waals surface area contributed by atoms with Gasteiger partial charge >= 0.3 is 5.97 Å². The van der Waals surface area contributed by atoms with Crippen molar-refractivity contribution >= 4 is 58.0 Å². The van der Waals surface area contributed by atoms with Crippen molar-refractivity contribution in [3.05, 3.63) is 45.1 Å². The van der Waals surface area contributed by atoms with E-state index in [0.717, 1.165) is 11.3 Å². The summed E-state index contributed by atoms with van der Waals surface area (Å²) in [5, 5.41) is 14.7. The lowest BCUT2D eigenvalue weighted by atomic mass is 10.1. The highest BCUT2D eigenvalue weighted by Gasteiger charge is 2.25. The Morgan fingerprint density at radius 3 is 2.70 bits per heavy atom. The van der Waals surface area contributed by atoms with Crippen LogP contribution in [-0.2, 0) is 14.3 Å². The second-order valence-corrected chi connectivity index (χ2v) is 8.01. The number of amides is 3. The fourth-order valence-corrected chi connectivity index (χ4v) is 3.79. The zero-order chi connectivity index (χ0) is 21.7. The molecule has 11 heteroatoms. The number of morpholine rings is 1. The Morgan fingerprint density at radius 2 is 2.03 bits per heavy atom. The van der Waals surface area contributed by atoms with E-state index in [1.165, 1.54) is 23.1 Å². The Hall–Kier alpha value is -2.95. The van der Waals surface area contributed by atoms with Gasteiger partial charge in [-0.3, -0.25) is 14.4 Å². The topological polar surface area (TPSA) is 125 Å². The van der Waals surface area contributed by atoms with Crippen LogP contribution in [0.4, 0.5) is 11.4 Å². The van der Waals surface area contributed by atoms with Gasteiger partial charge in [0.15, 0.2) is 0 Å². The lowest BCUT2D eigenvalue weighted by Crippen LogP contribution is -2.42. The Morgan fingerprint density at radius 1 is 1.23 bits per heavy atom. The monoisotopic (exact) mass is 451 g/mol. The summed E-state index contributed by atoms with van der Waals surface area (Å²) in [6.45, 7) is 0.555. The Balaban J connectivity index is 1.59. The van der Waals surface area contributed by atoms with Crippen LogP contribution in [0.25, 0.3) is 0 Å². The maximum absolute atomic E-state index is 12.1. The smallest absolute Gasteiger partial charge is 0.337 e. The number of nitrogens with one attached hydrogen (secondary N) is 2. The van der Waals surface area contributed by atoms with Crippen LogP contribution in [0.15, 0.2) is 30.3 Å². The molecule has 1 aliphatic heterocycles. The SMILES string of the molecule is O=C(CCNC(=O)c1ccc(Cl)s1)Nc1ccc(N2CCOCC2=O)c(C(=O)O)c1. The van der Waals surface area contributed by atoms with Crippen molar-refractivity contribution in [2.75, 3.05) is 36.5 Å². The number of aromatic carboxylic acids is 1. The standard InChI is InChI=1S/C19H18ClN3O6S/c20-15-4-3-14(30-15)18(26)21-6-5-16(24)22-11-1-2-13(12(9-11)19(27)28)23-7-8-29-10-17(23)25/h1-4,9H,5-8,10H2,(H,21,26)(H,22,24)(H,27,28). The summed E-state index contributed by atoms with van der Waals surface area (Å²) in [6.07, 6.45) is -0.00302.